The summed E-state index contributed by atoms with van der Waals surface area (Å²) in [5, 5.41) is 4.08. The van der Waals surface area contributed by atoms with E-state index >= 15 is 0 Å². The van der Waals surface area contributed by atoms with E-state index in [9.17, 15) is 0 Å². The molecular formula is C16H17BrClN3. The SMILES string of the molecule is CCNc1nc(-c2ccc(Cl)c(Br)c2)nc2c1CCCC2. The van der Waals surface area contributed by atoms with Gasteiger partial charge in [0.2, 0.25) is 0 Å². The van der Waals surface area contributed by atoms with Gasteiger partial charge in [-0.2, -0.15) is 0 Å². The zero-order valence-corrected chi connectivity index (χ0v) is 14.3. The van der Waals surface area contributed by atoms with E-state index in [4.69, 9.17) is 21.6 Å². The first kappa shape index (κ1) is 14.8. The molecule has 0 atom stereocenters. The monoisotopic (exact) mass is 365 g/mol. The number of benzene rings is 1. The van der Waals surface area contributed by atoms with Crippen LogP contribution in [0.4, 0.5) is 5.82 Å². The summed E-state index contributed by atoms with van der Waals surface area (Å²) >= 11 is 9.53. The summed E-state index contributed by atoms with van der Waals surface area (Å²) in [5.74, 6) is 1.76. The molecule has 0 spiro atoms. The molecule has 0 amide bonds. The molecule has 0 radical (unpaired) electrons. The summed E-state index contributed by atoms with van der Waals surface area (Å²) < 4.78 is 0.869. The maximum absolute atomic E-state index is 6.06. The summed E-state index contributed by atoms with van der Waals surface area (Å²) in [7, 11) is 0. The minimum Gasteiger partial charge on any atom is -0.370 e. The quantitative estimate of drug-likeness (QED) is 0.842. The van der Waals surface area contributed by atoms with E-state index in [-0.39, 0.29) is 0 Å². The molecule has 0 aliphatic heterocycles. The molecule has 1 aliphatic rings. The molecule has 0 saturated heterocycles. The van der Waals surface area contributed by atoms with Crippen LogP contribution in [0.1, 0.15) is 31.0 Å². The van der Waals surface area contributed by atoms with Crippen LogP contribution in [0, 0.1) is 0 Å². The van der Waals surface area contributed by atoms with Gasteiger partial charge in [0.15, 0.2) is 5.82 Å². The Labute approximate surface area is 138 Å². The van der Waals surface area contributed by atoms with Gasteiger partial charge in [-0.15, -0.1) is 0 Å². The highest BCUT2D eigenvalue weighted by molar-refractivity contribution is 9.10. The third-order valence-corrected chi connectivity index (χ3v) is 4.92. The first-order valence-electron chi connectivity index (χ1n) is 7.28. The molecule has 1 aromatic carbocycles. The average molecular weight is 367 g/mol. The van der Waals surface area contributed by atoms with E-state index in [0.717, 1.165) is 41.1 Å². The van der Waals surface area contributed by atoms with Crippen molar-refractivity contribution in [2.24, 2.45) is 0 Å². The lowest BCUT2D eigenvalue weighted by Gasteiger charge is -2.19. The number of hydrogen-bond donors (Lipinski definition) is 1. The Morgan fingerprint density at radius 2 is 2.05 bits per heavy atom. The minimum absolute atomic E-state index is 0.698. The number of anilines is 1. The largest absolute Gasteiger partial charge is 0.370 e. The number of rotatable bonds is 3. The molecule has 0 fully saturated rings. The Morgan fingerprint density at radius 3 is 2.81 bits per heavy atom. The lowest BCUT2D eigenvalue weighted by molar-refractivity contribution is 0.665. The normalized spacial score (nSPS) is 13.9. The summed E-state index contributed by atoms with van der Waals surface area (Å²) in [6.45, 7) is 2.96. The third kappa shape index (κ3) is 3.06. The van der Waals surface area contributed by atoms with Crippen molar-refractivity contribution in [3.8, 4) is 11.4 Å². The average Bonchev–Trinajstić information content (AvgIpc) is 2.50. The molecular weight excluding hydrogens is 350 g/mol. The van der Waals surface area contributed by atoms with E-state index in [2.05, 4.69) is 28.2 Å². The highest BCUT2D eigenvalue weighted by atomic mass is 79.9. The lowest BCUT2D eigenvalue weighted by Crippen LogP contribution is -2.13. The molecule has 0 saturated carbocycles. The van der Waals surface area contributed by atoms with Crippen LogP contribution >= 0.6 is 27.5 Å². The lowest BCUT2D eigenvalue weighted by atomic mass is 9.96. The first-order valence-corrected chi connectivity index (χ1v) is 8.45. The smallest absolute Gasteiger partial charge is 0.161 e. The molecule has 1 aromatic heterocycles. The Morgan fingerprint density at radius 1 is 1.24 bits per heavy atom. The fraction of sp³-hybridized carbons (Fsp3) is 0.375. The predicted octanol–water partition coefficient (Wildman–Crippen LogP) is 4.87. The summed E-state index contributed by atoms with van der Waals surface area (Å²) in [4.78, 5) is 9.51. The highest BCUT2D eigenvalue weighted by Crippen LogP contribution is 2.31. The number of aromatic nitrogens is 2. The molecule has 2 aromatic rings. The van der Waals surface area contributed by atoms with E-state index in [1.807, 2.05) is 18.2 Å². The van der Waals surface area contributed by atoms with Gasteiger partial charge < -0.3 is 5.32 Å². The van der Waals surface area contributed by atoms with Crippen LogP contribution in [0.5, 0.6) is 0 Å². The van der Waals surface area contributed by atoms with Crippen molar-refractivity contribution in [3.05, 3.63) is 39.0 Å². The molecule has 110 valence electrons. The summed E-state index contributed by atoms with van der Waals surface area (Å²) in [6, 6.07) is 5.81. The van der Waals surface area contributed by atoms with E-state index < -0.39 is 0 Å². The highest BCUT2D eigenvalue weighted by Gasteiger charge is 2.18. The molecule has 0 unspecified atom stereocenters. The zero-order chi connectivity index (χ0) is 14.8. The van der Waals surface area contributed by atoms with Gasteiger partial charge in [0, 0.05) is 27.8 Å². The van der Waals surface area contributed by atoms with Gasteiger partial charge in [0.1, 0.15) is 5.82 Å². The maximum atomic E-state index is 6.06. The Kier molecular flexibility index (Phi) is 4.45. The van der Waals surface area contributed by atoms with Gasteiger partial charge >= 0.3 is 0 Å². The van der Waals surface area contributed by atoms with Crippen molar-refractivity contribution in [3.63, 3.8) is 0 Å². The van der Waals surface area contributed by atoms with E-state index in [1.54, 1.807) is 0 Å². The van der Waals surface area contributed by atoms with Crippen LogP contribution in [0.25, 0.3) is 11.4 Å². The summed E-state index contributed by atoms with van der Waals surface area (Å²) in [5.41, 5.74) is 3.46. The van der Waals surface area contributed by atoms with Gasteiger partial charge in [-0.25, -0.2) is 9.97 Å². The number of halogens is 2. The summed E-state index contributed by atoms with van der Waals surface area (Å²) in [6.07, 6.45) is 4.54. The molecule has 1 heterocycles. The molecule has 3 nitrogen and oxygen atoms in total. The van der Waals surface area contributed by atoms with Crippen LogP contribution in [0.3, 0.4) is 0 Å². The van der Waals surface area contributed by atoms with Gasteiger partial charge in [0.25, 0.3) is 0 Å². The second-order valence-corrected chi connectivity index (χ2v) is 6.45. The zero-order valence-electron chi connectivity index (χ0n) is 11.9. The topological polar surface area (TPSA) is 37.8 Å². The number of nitrogens with one attached hydrogen (secondary N) is 1. The van der Waals surface area contributed by atoms with Crippen molar-refractivity contribution in [2.75, 3.05) is 11.9 Å². The Balaban J connectivity index is 2.09. The predicted molar refractivity (Wildman–Crippen MR) is 91.0 cm³/mol. The minimum atomic E-state index is 0.698. The second-order valence-electron chi connectivity index (χ2n) is 5.19. The maximum Gasteiger partial charge on any atom is 0.161 e. The van der Waals surface area contributed by atoms with Gasteiger partial charge in [0.05, 0.1) is 5.02 Å². The molecule has 3 rings (SSSR count). The molecule has 0 bridgehead atoms. The standard InChI is InChI=1S/C16H17BrClN3/c1-2-19-16-11-5-3-4-6-14(11)20-15(21-16)10-7-8-13(18)12(17)9-10/h7-9H,2-6H2,1H3,(H,19,20,21). The number of hydrogen-bond acceptors (Lipinski definition) is 3. The van der Waals surface area contributed by atoms with E-state index in [0.29, 0.717) is 5.02 Å². The molecule has 5 heteroatoms. The number of nitrogens with zero attached hydrogens (tertiary/aromatic N) is 2. The van der Waals surface area contributed by atoms with Crippen LogP contribution in [-0.4, -0.2) is 16.5 Å². The fourth-order valence-electron chi connectivity index (χ4n) is 2.67. The molecule has 1 N–H and O–H groups in total. The van der Waals surface area contributed by atoms with Crippen molar-refractivity contribution in [1.29, 1.82) is 0 Å². The number of aryl methyl sites for hydroxylation is 1. The van der Waals surface area contributed by atoms with Crippen LogP contribution in [-0.2, 0) is 12.8 Å². The molecule has 21 heavy (non-hydrogen) atoms. The van der Waals surface area contributed by atoms with Crippen LogP contribution in [0.2, 0.25) is 5.02 Å². The molecule has 1 aliphatic carbocycles. The second kappa shape index (κ2) is 6.32. The van der Waals surface area contributed by atoms with Crippen molar-refractivity contribution < 1.29 is 0 Å². The van der Waals surface area contributed by atoms with Gasteiger partial charge in [-0.1, -0.05) is 11.6 Å². The van der Waals surface area contributed by atoms with Crippen molar-refractivity contribution in [2.45, 2.75) is 32.6 Å². The van der Waals surface area contributed by atoms with Crippen LogP contribution in [0.15, 0.2) is 22.7 Å². The third-order valence-electron chi connectivity index (χ3n) is 3.71. The van der Waals surface area contributed by atoms with Gasteiger partial charge in [-0.05, 0) is 66.7 Å². The van der Waals surface area contributed by atoms with Crippen molar-refractivity contribution >= 4 is 33.3 Å². The Hall–Kier alpha value is -1.13. The van der Waals surface area contributed by atoms with Crippen LogP contribution < -0.4 is 5.32 Å². The number of fused-ring (bicyclic) bond motifs is 1. The van der Waals surface area contributed by atoms with Crippen molar-refractivity contribution in [1.82, 2.24) is 9.97 Å². The first-order chi connectivity index (χ1) is 10.2. The van der Waals surface area contributed by atoms with Gasteiger partial charge in [-0.3, -0.25) is 0 Å². The fourth-order valence-corrected chi connectivity index (χ4v) is 3.17. The van der Waals surface area contributed by atoms with E-state index in [1.165, 1.54) is 24.1 Å². The Bertz CT molecular complexity index is 673.